The summed E-state index contributed by atoms with van der Waals surface area (Å²) in [7, 11) is 0. The summed E-state index contributed by atoms with van der Waals surface area (Å²) >= 11 is 0.996. The van der Waals surface area contributed by atoms with Gasteiger partial charge in [0, 0.05) is 12.2 Å². The second kappa shape index (κ2) is 21.8. The molecular formula is C19H41OSSn+. The molecule has 0 N–H and O–H groups in total. The molecule has 0 fully saturated rings. The molecule has 0 aliphatic rings. The zero-order valence-corrected chi connectivity index (χ0v) is 19.7. The summed E-state index contributed by atoms with van der Waals surface area (Å²) in [5, 5.41) is 0.383. The van der Waals surface area contributed by atoms with Crippen molar-refractivity contribution in [3.63, 3.8) is 0 Å². The van der Waals surface area contributed by atoms with E-state index < -0.39 is 19.8 Å². The number of hydrogen-bond donors (Lipinski definition) is 0. The van der Waals surface area contributed by atoms with Gasteiger partial charge in [-0.15, -0.1) is 0 Å². The first-order valence-electron chi connectivity index (χ1n) is 9.46. The molecule has 0 saturated carbocycles. The molecule has 0 aliphatic heterocycles. The fourth-order valence-electron chi connectivity index (χ4n) is 2.05. The molecule has 0 radical (unpaired) electrons. The fourth-order valence-corrected chi connectivity index (χ4v) is 2.98. The Morgan fingerprint density at radius 2 is 1.14 bits per heavy atom. The molecule has 0 saturated heterocycles. The monoisotopic (exact) mass is 437 g/mol. The van der Waals surface area contributed by atoms with Gasteiger partial charge in [0.25, 0.3) is 0 Å². The van der Waals surface area contributed by atoms with Gasteiger partial charge >= 0.3 is 34.6 Å². The van der Waals surface area contributed by atoms with Crippen LogP contribution in [0.15, 0.2) is 0 Å². The first-order valence-corrected chi connectivity index (χ1v) is 19.0. The summed E-state index contributed by atoms with van der Waals surface area (Å²) in [6, 6.07) is 0. The van der Waals surface area contributed by atoms with Gasteiger partial charge in [-0.1, -0.05) is 83.4 Å². The maximum atomic E-state index is 11.3. The van der Waals surface area contributed by atoms with Crippen molar-refractivity contribution in [3.05, 3.63) is 0 Å². The molecule has 0 amide bonds. The van der Waals surface area contributed by atoms with Crippen molar-refractivity contribution in [1.82, 2.24) is 0 Å². The van der Waals surface area contributed by atoms with Gasteiger partial charge in [0.05, 0.1) is 0 Å². The number of thioether (sulfide) groups is 1. The van der Waals surface area contributed by atoms with E-state index in [1.54, 1.807) is 0 Å². The third-order valence-corrected chi connectivity index (χ3v) is 4.23. The molecule has 0 aromatic rings. The van der Waals surface area contributed by atoms with Crippen LogP contribution in [0.25, 0.3) is 0 Å². The number of rotatable bonds is 13. The Bertz CT molecular complexity index is 217. The van der Waals surface area contributed by atoms with E-state index in [0.717, 1.165) is 18.6 Å². The van der Waals surface area contributed by atoms with Crippen LogP contribution in [0.2, 0.25) is 14.8 Å². The van der Waals surface area contributed by atoms with E-state index in [-0.39, 0.29) is 0 Å². The fraction of sp³-hybridized carbons (Fsp3) is 0.947. The molecule has 0 unspecified atom stereocenters. The van der Waals surface area contributed by atoms with Gasteiger partial charge in [0.1, 0.15) is 0 Å². The Hall–Kier alpha value is 0.819. The van der Waals surface area contributed by atoms with Crippen LogP contribution in [0, 0.1) is 0 Å². The van der Waals surface area contributed by atoms with E-state index in [1.807, 2.05) is 0 Å². The summed E-state index contributed by atoms with van der Waals surface area (Å²) in [6.45, 7) is 4.34. The van der Waals surface area contributed by atoms with Crippen molar-refractivity contribution in [2.75, 3.05) is 5.75 Å². The van der Waals surface area contributed by atoms with Crippen LogP contribution in [-0.4, -0.2) is 30.6 Å². The van der Waals surface area contributed by atoms with E-state index in [0.29, 0.717) is 5.12 Å². The Labute approximate surface area is 152 Å². The number of unbranched alkanes of at least 4 members (excludes halogenated alkanes) is 9. The summed E-state index contributed by atoms with van der Waals surface area (Å²) in [6.07, 6.45) is 15.4. The molecule has 1 nitrogen and oxygen atoms in total. The molecule has 22 heavy (non-hydrogen) atoms. The Morgan fingerprint density at radius 1 is 0.727 bits per heavy atom. The molecule has 132 valence electrons. The molecule has 0 aliphatic carbocycles. The third kappa shape index (κ3) is 28.9. The summed E-state index contributed by atoms with van der Waals surface area (Å²) < 4.78 is 0. The molecule has 0 rings (SSSR count). The maximum absolute atomic E-state index is 11.3. The van der Waals surface area contributed by atoms with Crippen molar-refractivity contribution in [2.45, 2.75) is 106 Å². The number of carbonyl (C=O) groups excluding carboxylic acids is 1. The van der Waals surface area contributed by atoms with E-state index in [2.05, 4.69) is 28.7 Å². The molecule has 0 atom stereocenters. The molecule has 0 heterocycles. The van der Waals surface area contributed by atoms with E-state index in [9.17, 15) is 4.79 Å². The van der Waals surface area contributed by atoms with Gasteiger partial charge in [-0.3, -0.25) is 4.79 Å². The van der Waals surface area contributed by atoms with Crippen molar-refractivity contribution in [1.29, 1.82) is 0 Å². The van der Waals surface area contributed by atoms with Gasteiger partial charge < -0.3 is 0 Å². The van der Waals surface area contributed by atoms with Gasteiger partial charge in [-0.25, -0.2) is 0 Å². The van der Waals surface area contributed by atoms with E-state index in [1.165, 1.54) is 76.0 Å². The zero-order chi connectivity index (χ0) is 17.1. The average molecular weight is 436 g/mol. The second-order valence-corrected chi connectivity index (χ2v) is 16.4. The minimum absolute atomic E-state index is 0.383. The summed E-state index contributed by atoms with van der Waals surface area (Å²) in [5.41, 5.74) is 0. The second-order valence-electron chi connectivity index (χ2n) is 6.65. The van der Waals surface area contributed by atoms with Gasteiger partial charge in [-0.05, 0) is 12.8 Å². The molecule has 0 spiro atoms. The van der Waals surface area contributed by atoms with Gasteiger partial charge in [0.2, 0.25) is 0 Å². The van der Waals surface area contributed by atoms with Crippen LogP contribution in [0.4, 0.5) is 0 Å². The average Bonchev–Trinajstić information content (AvgIpc) is 2.44. The van der Waals surface area contributed by atoms with Crippen LogP contribution < -0.4 is 0 Å². The summed E-state index contributed by atoms with van der Waals surface area (Å²) in [5.74, 6) is 1.04. The standard InChI is InChI=1S/C16H32OS.3CH3.Sn/c1-3-5-6-7-8-9-10-11-12-13-15-18-16(17)14-4-2;;;;/h3-15H2,1-2H3;3*1H3;/q;;;;+1. The Balaban J connectivity index is 0. The number of carbonyl (C=O) groups is 1. The Kier molecular flexibility index (Phi) is 24.9. The van der Waals surface area contributed by atoms with E-state index >= 15 is 0 Å². The predicted octanol–water partition coefficient (Wildman–Crippen LogP) is 7.34. The predicted molar refractivity (Wildman–Crippen MR) is 108 cm³/mol. The molecule has 3 heteroatoms. The van der Waals surface area contributed by atoms with Crippen LogP contribution in [0.1, 0.15) is 90.9 Å². The normalized spacial score (nSPS) is 10.0. The Morgan fingerprint density at radius 3 is 1.55 bits per heavy atom. The third-order valence-electron chi connectivity index (χ3n) is 3.22. The zero-order valence-electron chi connectivity index (χ0n) is 16.0. The van der Waals surface area contributed by atoms with E-state index in [4.69, 9.17) is 0 Å². The van der Waals surface area contributed by atoms with Gasteiger partial charge in [0.15, 0.2) is 5.12 Å². The number of hydrogen-bond acceptors (Lipinski definition) is 2. The van der Waals surface area contributed by atoms with Crippen LogP contribution in [0.3, 0.4) is 0 Å². The topological polar surface area (TPSA) is 17.1 Å². The minimum atomic E-state index is -0.543. The molecule has 0 aromatic carbocycles. The first kappa shape index (κ1) is 25.1. The van der Waals surface area contributed by atoms with Crippen molar-refractivity contribution in [2.24, 2.45) is 0 Å². The SMILES string of the molecule is CCCCCCCCCCCCSC(=O)CCC.[CH3][Sn+]([CH3])[CH3]. The quantitative estimate of drug-likeness (QED) is 0.222. The molecule has 0 bridgehead atoms. The van der Waals surface area contributed by atoms with Crippen LogP contribution in [0.5, 0.6) is 0 Å². The van der Waals surface area contributed by atoms with Crippen LogP contribution in [-0.2, 0) is 4.79 Å². The summed E-state index contributed by atoms with van der Waals surface area (Å²) in [4.78, 5) is 18.4. The molecule has 0 aromatic heterocycles. The molecular weight excluding hydrogens is 395 g/mol. The van der Waals surface area contributed by atoms with Gasteiger partial charge in [-0.2, -0.15) is 0 Å². The van der Waals surface area contributed by atoms with Crippen molar-refractivity contribution >= 4 is 36.6 Å². The van der Waals surface area contributed by atoms with Crippen LogP contribution >= 0.6 is 11.8 Å². The van der Waals surface area contributed by atoms with Crippen molar-refractivity contribution in [3.8, 4) is 0 Å². The van der Waals surface area contributed by atoms with Crippen molar-refractivity contribution < 1.29 is 4.79 Å². The first-order chi connectivity index (χ1) is 10.5.